The van der Waals surface area contributed by atoms with Crippen LogP contribution in [0.25, 0.3) is 0 Å². The van der Waals surface area contributed by atoms with Gasteiger partial charge in [-0.1, -0.05) is 0 Å². The SMILES string of the molecule is Cn1cc(N)c(OCC2CCOCC2)n1. The van der Waals surface area contributed by atoms with E-state index in [-0.39, 0.29) is 0 Å². The molecule has 0 saturated carbocycles. The van der Waals surface area contributed by atoms with Crippen LogP contribution in [-0.2, 0) is 11.8 Å². The molecule has 1 aromatic rings. The van der Waals surface area contributed by atoms with E-state index in [0.29, 0.717) is 24.1 Å². The first kappa shape index (κ1) is 10.3. The van der Waals surface area contributed by atoms with E-state index >= 15 is 0 Å². The first-order valence-corrected chi connectivity index (χ1v) is 5.25. The predicted octanol–water partition coefficient (Wildman–Crippen LogP) is 0.808. The van der Waals surface area contributed by atoms with Crippen molar-refractivity contribution in [3.05, 3.63) is 6.20 Å². The maximum atomic E-state index is 5.72. The fraction of sp³-hybridized carbons (Fsp3) is 0.700. The molecule has 2 N–H and O–H groups in total. The van der Waals surface area contributed by atoms with Crippen molar-refractivity contribution < 1.29 is 9.47 Å². The van der Waals surface area contributed by atoms with Gasteiger partial charge in [0.15, 0.2) is 0 Å². The van der Waals surface area contributed by atoms with Gasteiger partial charge in [0.2, 0.25) is 0 Å². The van der Waals surface area contributed by atoms with E-state index in [4.69, 9.17) is 15.2 Å². The lowest BCUT2D eigenvalue weighted by Crippen LogP contribution is -2.21. The van der Waals surface area contributed by atoms with Gasteiger partial charge < -0.3 is 15.2 Å². The van der Waals surface area contributed by atoms with E-state index in [0.717, 1.165) is 26.1 Å². The van der Waals surface area contributed by atoms with Gasteiger partial charge in [-0.05, 0) is 18.8 Å². The van der Waals surface area contributed by atoms with Crippen LogP contribution in [0.1, 0.15) is 12.8 Å². The maximum Gasteiger partial charge on any atom is 0.256 e. The van der Waals surface area contributed by atoms with E-state index in [9.17, 15) is 0 Å². The smallest absolute Gasteiger partial charge is 0.256 e. The Morgan fingerprint density at radius 1 is 1.60 bits per heavy atom. The Labute approximate surface area is 89.2 Å². The van der Waals surface area contributed by atoms with E-state index in [2.05, 4.69) is 5.10 Å². The minimum atomic E-state index is 0.545. The molecule has 1 fully saturated rings. The van der Waals surface area contributed by atoms with E-state index in [1.165, 1.54) is 0 Å². The van der Waals surface area contributed by atoms with Crippen molar-refractivity contribution in [1.29, 1.82) is 0 Å². The second kappa shape index (κ2) is 4.53. The Bertz CT molecular complexity index is 318. The zero-order chi connectivity index (χ0) is 10.7. The Hall–Kier alpha value is -1.23. The third-order valence-electron chi connectivity index (χ3n) is 2.62. The number of aryl methyl sites for hydroxylation is 1. The van der Waals surface area contributed by atoms with Gasteiger partial charge in [0, 0.05) is 20.3 Å². The minimum Gasteiger partial charge on any atom is -0.475 e. The van der Waals surface area contributed by atoms with Crippen molar-refractivity contribution in [3.8, 4) is 5.88 Å². The number of ether oxygens (including phenoxy) is 2. The number of hydrogen-bond donors (Lipinski definition) is 1. The third kappa shape index (κ3) is 2.62. The summed E-state index contributed by atoms with van der Waals surface area (Å²) in [6, 6.07) is 0. The van der Waals surface area contributed by atoms with Gasteiger partial charge in [-0.3, -0.25) is 4.68 Å². The number of nitrogens with two attached hydrogens (primary N) is 1. The Morgan fingerprint density at radius 2 is 2.33 bits per heavy atom. The highest BCUT2D eigenvalue weighted by molar-refractivity contribution is 5.45. The van der Waals surface area contributed by atoms with Crippen LogP contribution >= 0.6 is 0 Å². The number of nitrogens with zero attached hydrogens (tertiary/aromatic N) is 2. The highest BCUT2D eigenvalue weighted by Gasteiger charge is 2.15. The van der Waals surface area contributed by atoms with Crippen molar-refractivity contribution in [2.75, 3.05) is 25.6 Å². The molecule has 2 heterocycles. The van der Waals surface area contributed by atoms with Crippen LogP contribution in [-0.4, -0.2) is 29.6 Å². The number of nitrogen functional groups attached to an aromatic ring is 1. The van der Waals surface area contributed by atoms with E-state index < -0.39 is 0 Å². The van der Waals surface area contributed by atoms with Crippen LogP contribution in [0.2, 0.25) is 0 Å². The average Bonchev–Trinajstić information content (AvgIpc) is 2.56. The van der Waals surface area contributed by atoms with Crippen LogP contribution in [0.3, 0.4) is 0 Å². The molecule has 1 aromatic heterocycles. The fourth-order valence-corrected chi connectivity index (χ4v) is 1.71. The summed E-state index contributed by atoms with van der Waals surface area (Å²) in [5.41, 5.74) is 6.33. The molecular formula is C10H17N3O2. The second-order valence-corrected chi connectivity index (χ2v) is 3.93. The van der Waals surface area contributed by atoms with Gasteiger partial charge in [0.05, 0.1) is 12.8 Å². The van der Waals surface area contributed by atoms with Crippen LogP contribution in [0.4, 0.5) is 5.69 Å². The molecule has 0 bridgehead atoms. The molecule has 0 spiro atoms. The molecule has 2 rings (SSSR count). The summed E-state index contributed by atoms with van der Waals surface area (Å²) in [6.45, 7) is 2.36. The summed E-state index contributed by atoms with van der Waals surface area (Å²) in [4.78, 5) is 0. The molecule has 1 aliphatic heterocycles. The number of anilines is 1. The highest BCUT2D eigenvalue weighted by atomic mass is 16.5. The quantitative estimate of drug-likeness (QED) is 0.803. The summed E-state index contributed by atoms with van der Waals surface area (Å²) in [7, 11) is 1.83. The van der Waals surface area contributed by atoms with Gasteiger partial charge >= 0.3 is 0 Å². The Morgan fingerprint density at radius 3 is 2.93 bits per heavy atom. The van der Waals surface area contributed by atoms with Crippen LogP contribution < -0.4 is 10.5 Å². The Balaban J connectivity index is 1.84. The molecule has 0 radical (unpaired) electrons. The summed E-state index contributed by atoms with van der Waals surface area (Å²) < 4.78 is 12.5. The summed E-state index contributed by atoms with van der Waals surface area (Å²) >= 11 is 0. The first-order chi connectivity index (χ1) is 7.25. The van der Waals surface area contributed by atoms with Gasteiger partial charge in [-0.25, -0.2) is 0 Å². The molecule has 5 nitrogen and oxygen atoms in total. The molecule has 84 valence electrons. The topological polar surface area (TPSA) is 62.3 Å². The van der Waals surface area contributed by atoms with Gasteiger partial charge in [-0.2, -0.15) is 0 Å². The van der Waals surface area contributed by atoms with Crippen molar-refractivity contribution in [1.82, 2.24) is 9.78 Å². The summed E-state index contributed by atoms with van der Waals surface area (Å²) in [6.07, 6.45) is 3.87. The van der Waals surface area contributed by atoms with E-state index in [1.807, 2.05) is 7.05 Å². The molecule has 15 heavy (non-hydrogen) atoms. The third-order valence-corrected chi connectivity index (χ3v) is 2.62. The van der Waals surface area contributed by atoms with Gasteiger partial charge in [-0.15, -0.1) is 5.10 Å². The number of hydrogen-bond acceptors (Lipinski definition) is 4. The molecule has 0 amide bonds. The predicted molar refractivity (Wildman–Crippen MR) is 56.7 cm³/mol. The lowest BCUT2D eigenvalue weighted by molar-refractivity contribution is 0.0491. The number of rotatable bonds is 3. The fourth-order valence-electron chi connectivity index (χ4n) is 1.71. The lowest BCUT2D eigenvalue weighted by atomic mass is 10.0. The molecule has 1 saturated heterocycles. The molecule has 0 atom stereocenters. The largest absolute Gasteiger partial charge is 0.475 e. The molecule has 5 heteroatoms. The van der Waals surface area contributed by atoms with E-state index in [1.54, 1.807) is 10.9 Å². The van der Waals surface area contributed by atoms with Crippen LogP contribution in [0.5, 0.6) is 5.88 Å². The molecular weight excluding hydrogens is 194 g/mol. The maximum absolute atomic E-state index is 5.72. The molecule has 0 unspecified atom stereocenters. The lowest BCUT2D eigenvalue weighted by Gasteiger charge is -2.21. The molecule has 1 aliphatic rings. The van der Waals surface area contributed by atoms with Crippen molar-refractivity contribution >= 4 is 5.69 Å². The average molecular weight is 211 g/mol. The van der Waals surface area contributed by atoms with Crippen molar-refractivity contribution in [2.24, 2.45) is 13.0 Å². The zero-order valence-corrected chi connectivity index (χ0v) is 8.98. The Kier molecular flexibility index (Phi) is 3.11. The van der Waals surface area contributed by atoms with Crippen molar-refractivity contribution in [3.63, 3.8) is 0 Å². The standard InChI is InChI=1S/C10H17N3O2/c1-13-6-9(11)10(12-13)15-7-8-2-4-14-5-3-8/h6,8H,2-5,7,11H2,1H3. The van der Waals surface area contributed by atoms with Crippen LogP contribution in [0, 0.1) is 5.92 Å². The monoisotopic (exact) mass is 211 g/mol. The molecule has 0 aliphatic carbocycles. The number of aromatic nitrogens is 2. The zero-order valence-electron chi connectivity index (χ0n) is 8.98. The normalized spacial score (nSPS) is 17.9. The van der Waals surface area contributed by atoms with Gasteiger partial charge in [0.25, 0.3) is 5.88 Å². The van der Waals surface area contributed by atoms with Crippen LogP contribution in [0.15, 0.2) is 6.20 Å². The highest BCUT2D eigenvalue weighted by Crippen LogP contribution is 2.20. The summed E-state index contributed by atoms with van der Waals surface area (Å²) in [5, 5.41) is 4.13. The second-order valence-electron chi connectivity index (χ2n) is 3.93. The minimum absolute atomic E-state index is 0.545. The molecule has 0 aromatic carbocycles. The van der Waals surface area contributed by atoms with Gasteiger partial charge in [0.1, 0.15) is 5.69 Å². The van der Waals surface area contributed by atoms with Crippen molar-refractivity contribution in [2.45, 2.75) is 12.8 Å². The first-order valence-electron chi connectivity index (χ1n) is 5.25. The summed E-state index contributed by atoms with van der Waals surface area (Å²) in [5.74, 6) is 1.11.